The predicted molar refractivity (Wildman–Crippen MR) is 149 cm³/mol. The van der Waals surface area contributed by atoms with Crippen molar-refractivity contribution in [1.29, 1.82) is 0 Å². The van der Waals surface area contributed by atoms with E-state index in [1.807, 2.05) is 36.4 Å². The Morgan fingerprint density at radius 1 is 1.18 bits per heavy atom. The zero-order chi connectivity index (χ0) is 27.3. The van der Waals surface area contributed by atoms with Crippen LogP contribution < -0.4 is 10.5 Å². The molecule has 5 fully saturated rings. The Kier molecular flexibility index (Phi) is 5.46. The second-order valence-electron chi connectivity index (χ2n) is 13.5. The van der Waals surface area contributed by atoms with Gasteiger partial charge in [0.15, 0.2) is 11.5 Å². The minimum atomic E-state index is -0.708. The lowest BCUT2D eigenvalue weighted by molar-refractivity contribution is -0.282. The summed E-state index contributed by atoms with van der Waals surface area (Å²) >= 11 is 0. The molecule has 4 saturated carbocycles. The van der Waals surface area contributed by atoms with Gasteiger partial charge in [0.25, 0.3) is 0 Å². The number of esters is 1. The molecule has 5 aliphatic carbocycles. The van der Waals surface area contributed by atoms with Gasteiger partial charge in [-0.2, -0.15) is 0 Å². The molecule has 2 aliphatic heterocycles. The van der Waals surface area contributed by atoms with Gasteiger partial charge >= 0.3 is 5.97 Å². The zero-order valence-corrected chi connectivity index (χ0v) is 23.3. The maximum atomic E-state index is 13.1. The molecule has 0 aromatic heterocycles. The summed E-state index contributed by atoms with van der Waals surface area (Å²) in [6.07, 6.45) is 7.81. The normalized spacial score (nSPS) is 37.5. The van der Waals surface area contributed by atoms with Gasteiger partial charge < -0.3 is 25.1 Å². The van der Waals surface area contributed by atoms with Crippen molar-refractivity contribution < 1.29 is 24.1 Å². The van der Waals surface area contributed by atoms with E-state index in [0.717, 1.165) is 50.1 Å². The monoisotopic (exact) mass is 544 g/mol. The molecule has 7 atom stereocenters. The van der Waals surface area contributed by atoms with Crippen molar-refractivity contribution in [2.45, 2.75) is 80.6 Å². The number of carbonyl (C=O) groups excluding carboxylic acids is 1. The summed E-state index contributed by atoms with van der Waals surface area (Å²) in [6.45, 7) is 2.51. The summed E-state index contributed by atoms with van der Waals surface area (Å²) < 4.78 is 19.4. The number of nitrogens with two attached hydrogens (primary N) is 1. The maximum Gasteiger partial charge on any atom is 0.323 e. The first kappa shape index (κ1) is 25.1. The number of ether oxygens (including phenoxy) is 3. The Hall–Kier alpha value is -2.61. The average Bonchev–Trinajstić information content (AvgIpc) is 3.71. The summed E-state index contributed by atoms with van der Waals surface area (Å²) in [5, 5.41) is 11.0. The number of hydrogen-bond acceptors (Lipinski definition) is 7. The molecule has 1 saturated heterocycles. The van der Waals surface area contributed by atoms with Crippen LogP contribution in [-0.2, 0) is 32.5 Å². The van der Waals surface area contributed by atoms with Crippen LogP contribution in [-0.4, -0.2) is 66.6 Å². The van der Waals surface area contributed by atoms with Crippen molar-refractivity contribution in [2.75, 3.05) is 26.8 Å². The van der Waals surface area contributed by atoms with Gasteiger partial charge in [-0.15, -0.1) is 0 Å². The second-order valence-corrected chi connectivity index (χ2v) is 13.5. The van der Waals surface area contributed by atoms with Gasteiger partial charge in [-0.05, 0) is 81.0 Å². The molecule has 40 heavy (non-hydrogen) atoms. The average molecular weight is 545 g/mol. The van der Waals surface area contributed by atoms with Gasteiger partial charge in [0.1, 0.15) is 17.7 Å². The summed E-state index contributed by atoms with van der Waals surface area (Å²) in [5.41, 5.74) is 9.14. The second kappa shape index (κ2) is 8.70. The minimum absolute atomic E-state index is 0.000356. The molecular formula is C33H40N2O5. The fourth-order valence-electron chi connectivity index (χ4n) is 9.99. The standard InChI is InChI=1S/C33H40N2O5/c1-38-33-12-11-31(17-23(33)19-39-29(37)24(34)15-20-5-3-2-4-6-20)26-16-22-9-10-25(36)28-27(22)32(31,30(33)40-28)13-14-35(26)18-21-7-8-21/h2-6,9-10,21,23-24,26,30,36H,7-8,11-19,34H2,1H3/t23-,24+,26-,30-,31?,32?,33?/m1/s1. The fourth-order valence-corrected chi connectivity index (χ4v) is 9.99. The van der Waals surface area contributed by atoms with Crippen molar-refractivity contribution in [3.05, 3.63) is 59.2 Å². The van der Waals surface area contributed by atoms with Gasteiger partial charge in [0.2, 0.25) is 0 Å². The summed E-state index contributed by atoms with van der Waals surface area (Å²) in [6, 6.07) is 13.5. The molecule has 7 nitrogen and oxygen atoms in total. The predicted octanol–water partition coefficient (Wildman–Crippen LogP) is 3.73. The molecule has 212 valence electrons. The molecule has 2 heterocycles. The Labute approximate surface area is 236 Å². The molecule has 3 N–H and O–H groups in total. The van der Waals surface area contributed by atoms with Crippen LogP contribution in [0, 0.1) is 17.3 Å². The Morgan fingerprint density at radius 2 is 2.00 bits per heavy atom. The van der Waals surface area contributed by atoms with Crippen LogP contribution in [0.1, 0.15) is 55.2 Å². The first-order valence-corrected chi connectivity index (χ1v) is 15.2. The van der Waals surface area contributed by atoms with Crippen molar-refractivity contribution in [1.82, 2.24) is 4.90 Å². The highest BCUT2D eigenvalue weighted by Gasteiger charge is 2.80. The minimum Gasteiger partial charge on any atom is -0.504 e. The van der Waals surface area contributed by atoms with E-state index < -0.39 is 11.6 Å². The molecule has 9 rings (SSSR count). The number of rotatable bonds is 8. The molecule has 0 amide bonds. The molecule has 3 unspecified atom stereocenters. The highest BCUT2D eigenvalue weighted by atomic mass is 16.6. The maximum absolute atomic E-state index is 13.1. The third kappa shape index (κ3) is 3.20. The van der Waals surface area contributed by atoms with Crippen LogP contribution in [0.25, 0.3) is 0 Å². The molecule has 4 bridgehead atoms. The number of hydrogen-bond donors (Lipinski definition) is 2. The third-order valence-corrected chi connectivity index (χ3v) is 11.8. The van der Waals surface area contributed by atoms with Gasteiger partial charge in [0.05, 0.1) is 6.61 Å². The van der Waals surface area contributed by atoms with Crippen molar-refractivity contribution >= 4 is 5.97 Å². The SMILES string of the molecule is COC12CCC3(C[C@@H]1COC(=O)[C@@H](N)Cc1ccccc1)[C@H]1Cc4ccc(O)c5c4C3(CCN1CC1CC1)[C@H]2O5. The van der Waals surface area contributed by atoms with Crippen molar-refractivity contribution in [3.63, 3.8) is 0 Å². The molecular weight excluding hydrogens is 504 g/mol. The zero-order valence-electron chi connectivity index (χ0n) is 23.3. The van der Waals surface area contributed by atoms with E-state index in [2.05, 4.69) is 11.0 Å². The van der Waals surface area contributed by atoms with Crippen LogP contribution in [0.3, 0.4) is 0 Å². The fraction of sp³-hybridized carbons (Fsp3) is 0.606. The van der Waals surface area contributed by atoms with Crippen molar-refractivity contribution in [2.24, 2.45) is 23.0 Å². The van der Waals surface area contributed by atoms with Gasteiger partial charge in [-0.1, -0.05) is 36.4 Å². The van der Waals surface area contributed by atoms with Gasteiger partial charge in [-0.3, -0.25) is 9.69 Å². The van der Waals surface area contributed by atoms with E-state index in [4.69, 9.17) is 19.9 Å². The van der Waals surface area contributed by atoms with Crippen LogP contribution >= 0.6 is 0 Å². The molecule has 0 radical (unpaired) electrons. The van der Waals surface area contributed by atoms with E-state index in [0.29, 0.717) is 18.2 Å². The van der Waals surface area contributed by atoms with Crippen molar-refractivity contribution in [3.8, 4) is 11.5 Å². The quantitative estimate of drug-likeness (QED) is 0.489. The van der Waals surface area contributed by atoms with Gasteiger partial charge in [0, 0.05) is 42.0 Å². The highest BCUT2D eigenvalue weighted by Crippen LogP contribution is 2.76. The Bertz CT molecular complexity index is 1350. The molecule has 7 aliphatic rings. The molecule has 2 aromatic rings. The Morgan fingerprint density at radius 3 is 2.77 bits per heavy atom. The van der Waals surface area contributed by atoms with E-state index in [1.54, 1.807) is 7.11 Å². The number of aromatic hydroxyl groups is 1. The van der Waals surface area contributed by atoms with E-state index in [9.17, 15) is 9.90 Å². The lowest BCUT2D eigenvalue weighted by Gasteiger charge is -2.73. The van der Waals surface area contributed by atoms with Crippen LogP contribution in [0.4, 0.5) is 0 Å². The summed E-state index contributed by atoms with van der Waals surface area (Å²) in [4.78, 5) is 15.9. The summed E-state index contributed by atoms with van der Waals surface area (Å²) in [7, 11) is 1.79. The van der Waals surface area contributed by atoms with E-state index in [-0.39, 0.29) is 41.2 Å². The first-order valence-electron chi connectivity index (χ1n) is 15.2. The first-order chi connectivity index (χ1) is 19.4. The highest BCUT2D eigenvalue weighted by molar-refractivity contribution is 5.76. The van der Waals surface area contributed by atoms with E-state index >= 15 is 0 Å². The number of piperidine rings is 1. The number of fused-ring (bicyclic) bond motifs is 2. The number of phenols is 1. The number of benzene rings is 2. The van der Waals surface area contributed by atoms with Crippen LogP contribution in [0.2, 0.25) is 0 Å². The topological polar surface area (TPSA) is 94.2 Å². The lowest BCUT2D eigenvalue weighted by Crippen LogP contribution is -2.81. The van der Waals surface area contributed by atoms with E-state index in [1.165, 1.54) is 30.5 Å². The number of nitrogens with zero attached hydrogens (tertiary/aromatic N) is 1. The number of likely N-dealkylation sites (tertiary alicyclic amines) is 1. The largest absolute Gasteiger partial charge is 0.504 e. The third-order valence-electron chi connectivity index (χ3n) is 11.8. The summed E-state index contributed by atoms with van der Waals surface area (Å²) in [5.74, 6) is 1.37. The number of carbonyl (C=O) groups is 1. The lowest BCUT2D eigenvalue weighted by atomic mass is 9.35. The van der Waals surface area contributed by atoms with Crippen LogP contribution in [0.5, 0.6) is 11.5 Å². The number of phenolic OH excluding ortho intramolecular Hbond substituents is 1. The molecule has 2 spiro atoms. The smallest absolute Gasteiger partial charge is 0.323 e. The van der Waals surface area contributed by atoms with Gasteiger partial charge in [-0.25, -0.2) is 0 Å². The molecule has 7 heteroatoms. The molecule has 2 aromatic carbocycles. The Balaban J connectivity index is 1.14. The van der Waals surface area contributed by atoms with Crippen LogP contribution in [0.15, 0.2) is 42.5 Å². The number of methoxy groups -OCH3 is 1.